The lowest BCUT2D eigenvalue weighted by atomic mass is 9.86. The highest BCUT2D eigenvalue weighted by Crippen LogP contribution is 2.40. The number of nitrogens with zero attached hydrogens (tertiary/aromatic N) is 1. The Balaban J connectivity index is 2.62. The van der Waals surface area contributed by atoms with Gasteiger partial charge in [-0.3, -0.25) is 10.2 Å². The maximum atomic E-state index is 13.6. The second-order valence-corrected chi connectivity index (χ2v) is 5.95. The number of halogens is 1. The molecule has 2 rings (SSSR count). The van der Waals surface area contributed by atoms with Crippen LogP contribution in [0.25, 0.3) is 5.57 Å². The van der Waals surface area contributed by atoms with Crippen LogP contribution in [0.1, 0.15) is 39.7 Å². The number of nitrogens with one attached hydrogen (secondary N) is 1. The first-order chi connectivity index (χ1) is 9.81. The number of anilines is 1. The molecule has 1 aliphatic rings. The van der Waals surface area contributed by atoms with Gasteiger partial charge in [-0.15, -0.1) is 0 Å². The van der Waals surface area contributed by atoms with Crippen molar-refractivity contribution in [3.8, 4) is 0 Å². The summed E-state index contributed by atoms with van der Waals surface area (Å²) in [5, 5.41) is 0. The van der Waals surface area contributed by atoms with Gasteiger partial charge in [-0.2, -0.15) is 0 Å². The van der Waals surface area contributed by atoms with Gasteiger partial charge in [-0.1, -0.05) is 13.0 Å². The van der Waals surface area contributed by atoms with Crippen LogP contribution in [0.2, 0.25) is 0 Å². The van der Waals surface area contributed by atoms with Crippen LogP contribution in [0.3, 0.4) is 0 Å². The molecule has 114 valence electrons. The van der Waals surface area contributed by atoms with E-state index < -0.39 is 6.04 Å². The third kappa shape index (κ3) is 2.65. The van der Waals surface area contributed by atoms with Gasteiger partial charge in [0.25, 0.3) is 5.91 Å². The van der Waals surface area contributed by atoms with E-state index in [0.717, 1.165) is 16.8 Å². The van der Waals surface area contributed by atoms with Crippen molar-refractivity contribution in [2.75, 3.05) is 4.90 Å². The molecule has 21 heavy (non-hydrogen) atoms. The molecule has 0 spiro atoms. The summed E-state index contributed by atoms with van der Waals surface area (Å²) in [6.45, 7) is 7.97. The standard InChI is InChI=1S/C16H22FN3O/c1-5-13(15(21)19-18)20-14-7-6-11(17)8-12(14)10(2)9-16(20,3)4/h6-9,13H,5,18H2,1-4H3,(H,19,21)/t13-/m1/s1. The quantitative estimate of drug-likeness (QED) is 0.511. The zero-order valence-electron chi connectivity index (χ0n) is 12.9. The van der Waals surface area contributed by atoms with Crippen molar-refractivity contribution in [2.24, 2.45) is 5.84 Å². The third-order valence-electron chi connectivity index (χ3n) is 3.98. The van der Waals surface area contributed by atoms with Gasteiger partial charge in [0.15, 0.2) is 0 Å². The second-order valence-electron chi connectivity index (χ2n) is 5.95. The zero-order chi connectivity index (χ0) is 15.8. The van der Waals surface area contributed by atoms with Crippen molar-refractivity contribution in [1.29, 1.82) is 0 Å². The molecule has 0 saturated heterocycles. The number of amides is 1. The van der Waals surface area contributed by atoms with E-state index in [2.05, 4.69) is 11.5 Å². The topological polar surface area (TPSA) is 58.4 Å². The number of benzene rings is 1. The molecular weight excluding hydrogens is 269 g/mol. The van der Waals surface area contributed by atoms with Gasteiger partial charge < -0.3 is 4.90 Å². The Hall–Kier alpha value is -1.88. The van der Waals surface area contributed by atoms with Gasteiger partial charge in [0.1, 0.15) is 11.9 Å². The van der Waals surface area contributed by atoms with Gasteiger partial charge in [-0.05, 0) is 51.0 Å². The molecule has 1 aliphatic heterocycles. The molecule has 0 aromatic heterocycles. The van der Waals surface area contributed by atoms with Crippen LogP contribution in [0, 0.1) is 5.82 Å². The molecule has 1 heterocycles. The number of hydrogen-bond acceptors (Lipinski definition) is 3. The number of carbonyl (C=O) groups excluding carboxylic acids is 1. The van der Waals surface area contributed by atoms with E-state index in [0.29, 0.717) is 6.42 Å². The van der Waals surface area contributed by atoms with E-state index in [1.54, 1.807) is 6.07 Å². The van der Waals surface area contributed by atoms with Crippen molar-refractivity contribution >= 4 is 17.2 Å². The Kier molecular flexibility index (Phi) is 4.05. The molecule has 0 fully saturated rings. The number of allylic oxidation sites excluding steroid dienone is 1. The summed E-state index contributed by atoms with van der Waals surface area (Å²) in [5.41, 5.74) is 4.55. The van der Waals surface area contributed by atoms with Gasteiger partial charge >= 0.3 is 0 Å². The summed E-state index contributed by atoms with van der Waals surface area (Å²) in [4.78, 5) is 14.1. The average Bonchev–Trinajstić information content (AvgIpc) is 2.42. The van der Waals surface area contributed by atoms with Crippen LogP contribution in [-0.2, 0) is 4.79 Å². The minimum absolute atomic E-state index is 0.242. The highest BCUT2D eigenvalue weighted by Gasteiger charge is 2.38. The van der Waals surface area contributed by atoms with Crippen molar-refractivity contribution in [1.82, 2.24) is 5.43 Å². The monoisotopic (exact) mass is 291 g/mol. The predicted octanol–water partition coefficient (Wildman–Crippen LogP) is 2.60. The lowest BCUT2D eigenvalue weighted by Gasteiger charge is -2.46. The lowest BCUT2D eigenvalue weighted by molar-refractivity contribution is -0.122. The highest BCUT2D eigenvalue weighted by atomic mass is 19.1. The Bertz CT molecular complexity index is 595. The van der Waals surface area contributed by atoms with Crippen LogP contribution in [-0.4, -0.2) is 17.5 Å². The fraction of sp³-hybridized carbons (Fsp3) is 0.438. The van der Waals surface area contributed by atoms with E-state index in [1.807, 2.05) is 32.6 Å². The Morgan fingerprint density at radius 1 is 1.48 bits per heavy atom. The Morgan fingerprint density at radius 2 is 2.14 bits per heavy atom. The number of nitrogens with two attached hydrogens (primary N) is 1. The Morgan fingerprint density at radius 3 is 2.71 bits per heavy atom. The maximum Gasteiger partial charge on any atom is 0.256 e. The van der Waals surface area contributed by atoms with E-state index in [-0.39, 0.29) is 17.3 Å². The molecule has 0 saturated carbocycles. The summed E-state index contributed by atoms with van der Waals surface area (Å²) >= 11 is 0. The first-order valence-corrected chi connectivity index (χ1v) is 7.11. The van der Waals surface area contributed by atoms with Gasteiger partial charge in [0.2, 0.25) is 0 Å². The van der Waals surface area contributed by atoms with Crippen molar-refractivity contribution < 1.29 is 9.18 Å². The minimum atomic E-state index is -0.404. The molecule has 1 aromatic carbocycles. The van der Waals surface area contributed by atoms with Crippen molar-refractivity contribution in [3.05, 3.63) is 35.7 Å². The SMILES string of the molecule is CC[C@H](C(=O)NN)N1c2ccc(F)cc2C(C)=CC1(C)C. The number of rotatable bonds is 3. The molecular formula is C16H22FN3O. The fourth-order valence-corrected chi connectivity index (χ4v) is 3.17. The van der Waals surface area contributed by atoms with Gasteiger partial charge in [-0.25, -0.2) is 10.2 Å². The van der Waals surface area contributed by atoms with Crippen molar-refractivity contribution in [3.63, 3.8) is 0 Å². The molecule has 1 atom stereocenters. The molecule has 1 amide bonds. The summed E-state index contributed by atoms with van der Waals surface area (Å²) in [5.74, 6) is 4.79. The van der Waals surface area contributed by atoms with E-state index >= 15 is 0 Å². The van der Waals surface area contributed by atoms with E-state index in [1.165, 1.54) is 12.1 Å². The average molecular weight is 291 g/mol. The molecule has 0 unspecified atom stereocenters. The number of carbonyl (C=O) groups is 1. The summed E-state index contributed by atoms with van der Waals surface area (Å²) in [6, 6.07) is 4.26. The van der Waals surface area contributed by atoms with Crippen molar-refractivity contribution in [2.45, 2.75) is 45.7 Å². The number of fused-ring (bicyclic) bond motifs is 1. The largest absolute Gasteiger partial charge is 0.350 e. The van der Waals surface area contributed by atoms with E-state index in [9.17, 15) is 9.18 Å². The molecule has 5 heteroatoms. The molecule has 3 N–H and O–H groups in total. The lowest BCUT2D eigenvalue weighted by Crippen LogP contribution is -2.57. The fourth-order valence-electron chi connectivity index (χ4n) is 3.17. The van der Waals surface area contributed by atoms with Crippen LogP contribution in [0.15, 0.2) is 24.3 Å². The molecule has 0 bridgehead atoms. The Labute approximate surface area is 124 Å². The zero-order valence-corrected chi connectivity index (χ0v) is 12.9. The maximum absolute atomic E-state index is 13.6. The molecule has 0 aliphatic carbocycles. The third-order valence-corrected chi connectivity index (χ3v) is 3.98. The summed E-state index contributed by atoms with van der Waals surface area (Å²) in [7, 11) is 0. The number of hydrazine groups is 1. The minimum Gasteiger partial charge on any atom is -0.350 e. The van der Waals surface area contributed by atoms with E-state index in [4.69, 9.17) is 5.84 Å². The second kappa shape index (κ2) is 5.48. The highest BCUT2D eigenvalue weighted by molar-refractivity contribution is 5.89. The smallest absolute Gasteiger partial charge is 0.256 e. The van der Waals surface area contributed by atoms with Crippen LogP contribution in [0.5, 0.6) is 0 Å². The van der Waals surface area contributed by atoms with Gasteiger partial charge in [0, 0.05) is 11.3 Å². The molecule has 1 aromatic rings. The van der Waals surface area contributed by atoms with Crippen LogP contribution in [0.4, 0.5) is 10.1 Å². The number of hydrogen-bond donors (Lipinski definition) is 2. The normalized spacial score (nSPS) is 17.8. The van der Waals surface area contributed by atoms with Crippen LogP contribution >= 0.6 is 0 Å². The molecule has 0 radical (unpaired) electrons. The van der Waals surface area contributed by atoms with Gasteiger partial charge in [0.05, 0.1) is 5.54 Å². The summed E-state index contributed by atoms with van der Waals surface area (Å²) in [6.07, 6.45) is 2.66. The predicted molar refractivity (Wildman–Crippen MR) is 83.0 cm³/mol. The molecule has 4 nitrogen and oxygen atoms in total. The van der Waals surface area contributed by atoms with Crippen LogP contribution < -0.4 is 16.2 Å². The first-order valence-electron chi connectivity index (χ1n) is 7.11. The summed E-state index contributed by atoms with van der Waals surface area (Å²) < 4.78 is 13.6. The first kappa shape index (κ1) is 15.5.